The lowest BCUT2D eigenvalue weighted by atomic mass is 10.2. The molecule has 0 atom stereocenters. The van der Waals surface area contributed by atoms with Crippen molar-refractivity contribution in [1.29, 1.82) is 5.26 Å². The first-order valence-electron chi connectivity index (χ1n) is 8.07. The zero-order valence-corrected chi connectivity index (χ0v) is 16.1. The van der Waals surface area contributed by atoms with E-state index < -0.39 is 0 Å². The molecule has 1 N–H and O–H groups in total. The minimum Gasteiger partial charge on any atom is -0.482 e. The van der Waals surface area contributed by atoms with Crippen molar-refractivity contribution in [3.63, 3.8) is 0 Å². The number of hydrogen-bond donors (Lipinski definition) is 1. The van der Waals surface area contributed by atoms with Gasteiger partial charge in [-0.25, -0.2) is 0 Å². The monoisotopic (exact) mass is 396 g/mol. The molecular weight excluding hydrogens is 380 g/mol. The normalized spacial score (nSPS) is 10.2. The van der Waals surface area contributed by atoms with Crippen LogP contribution in [0.3, 0.4) is 0 Å². The van der Waals surface area contributed by atoms with Gasteiger partial charge in [-0.2, -0.15) is 5.26 Å². The number of hydrogen-bond acceptors (Lipinski definition) is 7. The molecule has 3 aromatic rings. The van der Waals surface area contributed by atoms with E-state index in [4.69, 9.17) is 10.00 Å². The fourth-order valence-electron chi connectivity index (χ4n) is 2.13. The lowest BCUT2D eigenvalue weighted by Gasteiger charge is -2.06. The summed E-state index contributed by atoms with van der Waals surface area (Å²) < 4.78 is 6.18. The van der Waals surface area contributed by atoms with Crippen molar-refractivity contribution >= 4 is 34.1 Å². The van der Waals surface area contributed by atoms with Crippen molar-refractivity contribution < 1.29 is 9.53 Å². The van der Waals surface area contributed by atoms with Crippen LogP contribution in [-0.2, 0) is 10.5 Å². The maximum atomic E-state index is 12.0. The molecular formula is C19H16N4O2S2. The average Bonchev–Trinajstić information content (AvgIpc) is 3.13. The summed E-state index contributed by atoms with van der Waals surface area (Å²) >= 11 is 2.88. The predicted octanol–water partition coefficient (Wildman–Crippen LogP) is 4.03. The lowest BCUT2D eigenvalue weighted by molar-refractivity contribution is -0.118. The van der Waals surface area contributed by atoms with E-state index in [1.165, 1.54) is 22.5 Å². The number of ether oxygens (including phenoxy) is 1. The molecule has 1 amide bonds. The molecule has 0 saturated heterocycles. The van der Waals surface area contributed by atoms with Crippen LogP contribution in [0.5, 0.6) is 5.75 Å². The van der Waals surface area contributed by atoms with Gasteiger partial charge in [0.2, 0.25) is 5.13 Å². The molecule has 0 fully saturated rings. The molecule has 136 valence electrons. The van der Waals surface area contributed by atoms with Crippen LogP contribution in [0.1, 0.15) is 16.7 Å². The third-order valence-corrected chi connectivity index (χ3v) is 5.55. The molecule has 1 aromatic heterocycles. The molecule has 6 nitrogen and oxygen atoms in total. The Morgan fingerprint density at radius 2 is 2.00 bits per heavy atom. The third-order valence-electron chi connectivity index (χ3n) is 3.50. The van der Waals surface area contributed by atoms with Crippen molar-refractivity contribution in [3.8, 4) is 11.8 Å². The largest absolute Gasteiger partial charge is 0.482 e. The van der Waals surface area contributed by atoms with Crippen LogP contribution in [0.2, 0.25) is 0 Å². The summed E-state index contributed by atoms with van der Waals surface area (Å²) in [4.78, 5) is 12.0. The van der Waals surface area contributed by atoms with E-state index in [0.717, 1.165) is 10.1 Å². The molecule has 27 heavy (non-hydrogen) atoms. The first kappa shape index (κ1) is 18.9. The lowest BCUT2D eigenvalue weighted by Crippen LogP contribution is -2.20. The minimum absolute atomic E-state index is 0.204. The van der Waals surface area contributed by atoms with E-state index in [1.54, 1.807) is 36.0 Å². The number of rotatable bonds is 7. The molecule has 0 radical (unpaired) electrons. The van der Waals surface area contributed by atoms with Gasteiger partial charge in [-0.05, 0) is 24.6 Å². The van der Waals surface area contributed by atoms with Crippen LogP contribution in [0.4, 0.5) is 5.13 Å². The quantitative estimate of drug-likeness (QED) is 0.479. The number of aryl methyl sites for hydroxylation is 1. The first-order chi connectivity index (χ1) is 13.1. The number of anilines is 1. The molecule has 3 rings (SSSR count). The van der Waals surface area contributed by atoms with Crippen molar-refractivity contribution in [3.05, 3.63) is 65.2 Å². The smallest absolute Gasteiger partial charge is 0.264 e. The number of aromatic nitrogens is 2. The van der Waals surface area contributed by atoms with Gasteiger partial charge in [0.05, 0.1) is 5.56 Å². The zero-order chi connectivity index (χ0) is 19.1. The Labute approximate surface area is 165 Å². The van der Waals surface area contributed by atoms with E-state index >= 15 is 0 Å². The number of nitrogens with one attached hydrogen (secondary N) is 1. The van der Waals surface area contributed by atoms with E-state index in [9.17, 15) is 4.79 Å². The van der Waals surface area contributed by atoms with E-state index in [2.05, 4.69) is 46.7 Å². The number of para-hydroxylation sites is 1. The molecule has 1 heterocycles. The topological polar surface area (TPSA) is 87.9 Å². The maximum absolute atomic E-state index is 12.0. The van der Waals surface area contributed by atoms with Gasteiger partial charge >= 0.3 is 0 Å². The Kier molecular flexibility index (Phi) is 6.41. The Morgan fingerprint density at radius 3 is 2.78 bits per heavy atom. The second kappa shape index (κ2) is 9.16. The van der Waals surface area contributed by atoms with Gasteiger partial charge in [-0.15, -0.1) is 10.2 Å². The summed E-state index contributed by atoms with van der Waals surface area (Å²) in [6.07, 6.45) is 0. The summed E-state index contributed by atoms with van der Waals surface area (Å²) in [6, 6.07) is 17.1. The summed E-state index contributed by atoms with van der Waals surface area (Å²) in [5.41, 5.74) is 2.82. The fraction of sp³-hybridized carbons (Fsp3) is 0.158. The summed E-state index contributed by atoms with van der Waals surface area (Å²) in [7, 11) is 0. The number of nitriles is 1. The van der Waals surface area contributed by atoms with Crippen molar-refractivity contribution in [1.82, 2.24) is 10.2 Å². The number of thioether (sulfide) groups is 1. The SMILES string of the molecule is Cc1ccc(CSc2nnc(NC(=O)COc3ccccc3C#N)s2)cc1. The molecule has 0 spiro atoms. The molecule has 0 aliphatic rings. The highest BCUT2D eigenvalue weighted by atomic mass is 32.2. The molecule has 2 aromatic carbocycles. The summed E-state index contributed by atoms with van der Waals surface area (Å²) in [6.45, 7) is 1.85. The molecule has 0 aliphatic carbocycles. The van der Waals surface area contributed by atoms with Gasteiger partial charge in [0, 0.05) is 5.75 Å². The maximum Gasteiger partial charge on any atom is 0.264 e. The molecule has 0 bridgehead atoms. The van der Waals surface area contributed by atoms with E-state index in [-0.39, 0.29) is 12.5 Å². The fourth-order valence-corrected chi connectivity index (χ4v) is 3.86. The van der Waals surface area contributed by atoms with E-state index in [0.29, 0.717) is 16.4 Å². The Hall–Kier alpha value is -2.89. The highest BCUT2D eigenvalue weighted by Crippen LogP contribution is 2.28. The number of carbonyl (C=O) groups excluding carboxylic acids is 1. The Bertz CT molecular complexity index is 964. The predicted molar refractivity (Wildman–Crippen MR) is 106 cm³/mol. The molecule has 0 saturated carbocycles. The van der Waals surface area contributed by atoms with Crippen LogP contribution in [0.15, 0.2) is 52.9 Å². The van der Waals surface area contributed by atoms with Gasteiger partial charge < -0.3 is 4.74 Å². The number of nitrogens with zero attached hydrogens (tertiary/aromatic N) is 3. The Morgan fingerprint density at radius 1 is 1.22 bits per heavy atom. The average molecular weight is 396 g/mol. The van der Waals surface area contributed by atoms with Gasteiger partial charge in [0.1, 0.15) is 11.8 Å². The van der Waals surface area contributed by atoms with Crippen molar-refractivity contribution in [2.24, 2.45) is 0 Å². The van der Waals surface area contributed by atoms with Crippen LogP contribution < -0.4 is 10.1 Å². The number of amides is 1. The van der Waals surface area contributed by atoms with Crippen LogP contribution in [-0.4, -0.2) is 22.7 Å². The van der Waals surface area contributed by atoms with Gasteiger partial charge in [-0.3, -0.25) is 10.1 Å². The number of carbonyl (C=O) groups is 1. The standard InChI is InChI=1S/C19H16N4O2S2/c1-13-6-8-14(9-7-13)12-26-19-23-22-18(27-19)21-17(24)11-25-16-5-3-2-4-15(16)10-20/h2-9H,11-12H2,1H3,(H,21,22,24). The Balaban J connectivity index is 1.49. The van der Waals surface area contributed by atoms with Gasteiger partial charge in [0.15, 0.2) is 10.9 Å². The van der Waals surface area contributed by atoms with Gasteiger partial charge in [0.25, 0.3) is 5.91 Å². The van der Waals surface area contributed by atoms with Gasteiger partial charge in [-0.1, -0.05) is 65.1 Å². The van der Waals surface area contributed by atoms with Crippen LogP contribution in [0.25, 0.3) is 0 Å². The molecule has 8 heteroatoms. The minimum atomic E-state index is -0.353. The summed E-state index contributed by atoms with van der Waals surface area (Å²) in [5.74, 6) is 0.812. The highest BCUT2D eigenvalue weighted by molar-refractivity contribution is 8.00. The first-order valence-corrected chi connectivity index (χ1v) is 9.88. The second-order valence-corrected chi connectivity index (χ2v) is 7.79. The van der Waals surface area contributed by atoms with E-state index in [1.807, 2.05) is 6.07 Å². The van der Waals surface area contributed by atoms with Crippen molar-refractivity contribution in [2.45, 2.75) is 17.0 Å². The van der Waals surface area contributed by atoms with Crippen LogP contribution >= 0.6 is 23.1 Å². The second-order valence-electron chi connectivity index (χ2n) is 5.59. The highest BCUT2D eigenvalue weighted by Gasteiger charge is 2.11. The third kappa shape index (κ3) is 5.54. The molecule has 0 aliphatic heterocycles. The summed E-state index contributed by atoms with van der Waals surface area (Å²) in [5, 5.41) is 20.2. The zero-order valence-electron chi connectivity index (χ0n) is 14.5. The molecule has 0 unspecified atom stereocenters. The number of benzene rings is 2. The van der Waals surface area contributed by atoms with Crippen LogP contribution in [0, 0.1) is 18.3 Å². The van der Waals surface area contributed by atoms with Crippen molar-refractivity contribution in [2.75, 3.05) is 11.9 Å².